The molecule has 0 aromatic heterocycles. The molecule has 0 unspecified atom stereocenters. The Morgan fingerprint density at radius 2 is 0.917 bits per heavy atom. The highest BCUT2D eigenvalue weighted by Gasteiger charge is 2.18. The molecular formula is C30H36Cl2N4. The lowest BCUT2D eigenvalue weighted by atomic mass is 9.86. The van der Waals surface area contributed by atoms with Crippen molar-refractivity contribution < 1.29 is 0 Å². The highest BCUT2D eigenvalue weighted by atomic mass is 35.5. The minimum Gasteiger partial charge on any atom is -0.402 e. The van der Waals surface area contributed by atoms with E-state index < -0.39 is 0 Å². The van der Waals surface area contributed by atoms with E-state index in [2.05, 4.69) is 0 Å². The second-order valence-electron chi connectivity index (χ2n) is 9.94. The van der Waals surface area contributed by atoms with Crippen molar-refractivity contribution in [1.29, 1.82) is 0 Å². The number of nitrogens with zero attached hydrogens (tertiary/aromatic N) is 2. The first-order valence-electron chi connectivity index (χ1n) is 13.1. The topological polar surface area (TPSA) is 76.8 Å². The molecule has 2 saturated carbocycles. The van der Waals surface area contributed by atoms with E-state index in [-0.39, 0.29) is 0 Å². The van der Waals surface area contributed by atoms with Crippen molar-refractivity contribution in [1.82, 2.24) is 0 Å². The van der Waals surface area contributed by atoms with Gasteiger partial charge in [0.15, 0.2) is 0 Å². The molecule has 2 aliphatic rings. The van der Waals surface area contributed by atoms with Crippen LogP contribution in [0.3, 0.4) is 0 Å². The van der Waals surface area contributed by atoms with E-state index in [0.29, 0.717) is 33.3 Å². The smallest absolute Gasteiger partial charge is 0.0946 e. The first-order chi connectivity index (χ1) is 17.5. The maximum Gasteiger partial charge on any atom is 0.0946 e. The molecule has 0 heterocycles. The maximum absolute atomic E-state index is 6.59. The number of halogens is 2. The molecule has 4 N–H and O–H groups in total. The summed E-state index contributed by atoms with van der Waals surface area (Å²) in [6, 6.07) is 15.3. The maximum atomic E-state index is 6.59. The minimum absolute atomic E-state index is 0.387. The van der Waals surface area contributed by atoms with E-state index in [1.54, 1.807) is 0 Å². The Balaban J connectivity index is 1.74. The van der Waals surface area contributed by atoms with Gasteiger partial charge in [0, 0.05) is 32.6 Å². The molecule has 0 aliphatic heterocycles. The molecule has 0 saturated heterocycles. The van der Waals surface area contributed by atoms with E-state index in [1.165, 1.54) is 38.5 Å². The van der Waals surface area contributed by atoms with Crippen LogP contribution in [0.4, 0.5) is 0 Å². The van der Waals surface area contributed by atoms with Gasteiger partial charge in [-0.25, -0.2) is 0 Å². The lowest BCUT2D eigenvalue weighted by molar-refractivity contribution is 0.400. The zero-order chi connectivity index (χ0) is 25.3. The quantitative estimate of drug-likeness (QED) is 0.285. The van der Waals surface area contributed by atoms with E-state index in [0.717, 1.165) is 48.2 Å². The summed E-state index contributed by atoms with van der Waals surface area (Å²) in [5.41, 5.74) is 18.2. The molecule has 0 radical (unpaired) electrons. The molecule has 4 nitrogen and oxygen atoms in total. The van der Waals surface area contributed by atoms with E-state index in [1.807, 2.05) is 60.7 Å². The molecule has 2 aliphatic carbocycles. The molecule has 36 heavy (non-hydrogen) atoms. The van der Waals surface area contributed by atoms with Gasteiger partial charge in [-0.1, -0.05) is 86.0 Å². The average molecular weight is 524 g/mol. The van der Waals surface area contributed by atoms with Gasteiger partial charge in [-0.15, -0.1) is 10.2 Å². The van der Waals surface area contributed by atoms with Crippen molar-refractivity contribution in [3.05, 3.63) is 93.2 Å². The van der Waals surface area contributed by atoms with Gasteiger partial charge in [-0.2, -0.15) is 0 Å². The lowest BCUT2D eigenvalue weighted by Crippen LogP contribution is -2.17. The van der Waals surface area contributed by atoms with Gasteiger partial charge in [0.1, 0.15) is 0 Å². The summed E-state index contributed by atoms with van der Waals surface area (Å²) < 4.78 is 0. The van der Waals surface area contributed by atoms with Gasteiger partial charge in [0.25, 0.3) is 0 Å². The van der Waals surface area contributed by atoms with Crippen molar-refractivity contribution in [2.45, 2.75) is 64.2 Å². The molecule has 6 heteroatoms. The van der Waals surface area contributed by atoms with Crippen molar-refractivity contribution in [2.24, 2.45) is 33.5 Å². The summed E-state index contributed by atoms with van der Waals surface area (Å²) >= 11 is 12.3. The van der Waals surface area contributed by atoms with Gasteiger partial charge in [-0.3, -0.25) is 0 Å². The van der Waals surface area contributed by atoms with Crippen LogP contribution in [-0.2, 0) is 0 Å². The predicted molar refractivity (Wildman–Crippen MR) is 154 cm³/mol. The molecule has 2 fully saturated rings. The van der Waals surface area contributed by atoms with Gasteiger partial charge in [-0.05, 0) is 73.9 Å². The van der Waals surface area contributed by atoms with Crippen molar-refractivity contribution in [3.8, 4) is 0 Å². The van der Waals surface area contributed by atoms with E-state index in [4.69, 9.17) is 44.9 Å². The van der Waals surface area contributed by atoms with E-state index in [9.17, 15) is 0 Å². The summed E-state index contributed by atoms with van der Waals surface area (Å²) in [5.74, 6) is 0.774. The van der Waals surface area contributed by atoms with Crippen LogP contribution in [-0.4, -0.2) is 11.4 Å². The lowest BCUT2D eigenvalue weighted by Gasteiger charge is -2.22. The molecule has 2 aromatic carbocycles. The van der Waals surface area contributed by atoms with Crippen LogP contribution in [0.25, 0.3) is 0 Å². The Bertz CT molecular complexity index is 1030. The Hall–Kier alpha value is -2.56. The van der Waals surface area contributed by atoms with Gasteiger partial charge in [0.2, 0.25) is 0 Å². The van der Waals surface area contributed by atoms with Crippen LogP contribution < -0.4 is 11.5 Å². The standard InChI is InChI=1S/C30H36Cl2N4/c31-25-15-11-23(12-16-25)29(19-27(33)21-7-3-1-4-8-21)35-36-30(24-13-17-26(32)18-14-24)20-28(34)22-9-5-2-6-10-22/h11-22H,1-10,33-34H2/b27-19+,28-20+,35-29-,36-30-. The number of allylic oxidation sites excluding steroid dienone is 4. The summed E-state index contributed by atoms with van der Waals surface area (Å²) in [5, 5.41) is 10.8. The van der Waals surface area contributed by atoms with Gasteiger partial charge in [0.05, 0.1) is 11.4 Å². The van der Waals surface area contributed by atoms with Crippen LogP contribution in [0.5, 0.6) is 0 Å². The highest BCUT2D eigenvalue weighted by molar-refractivity contribution is 6.31. The second-order valence-corrected chi connectivity index (χ2v) is 10.8. The molecule has 4 rings (SSSR count). The van der Waals surface area contributed by atoms with E-state index >= 15 is 0 Å². The summed E-state index contributed by atoms with van der Waals surface area (Å²) in [6.07, 6.45) is 15.9. The van der Waals surface area contributed by atoms with Crippen LogP contribution in [0.2, 0.25) is 10.0 Å². The Labute approximate surface area is 225 Å². The largest absolute Gasteiger partial charge is 0.402 e. The number of nitrogens with two attached hydrogens (primary N) is 2. The number of hydrogen-bond donors (Lipinski definition) is 2. The van der Waals surface area contributed by atoms with Crippen molar-refractivity contribution >= 4 is 34.6 Å². The molecule has 190 valence electrons. The fourth-order valence-electron chi connectivity index (χ4n) is 5.11. The first-order valence-corrected chi connectivity index (χ1v) is 13.9. The fraction of sp³-hybridized carbons (Fsp3) is 0.400. The van der Waals surface area contributed by atoms with Gasteiger partial charge < -0.3 is 11.5 Å². The zero-order valence-electron chi connectivity index (χ0n) is 20.8. The predicted octanol–water partition coefficient (Wildman–Crippen LogP) is 8.03. The third-order valence-electron chi connectivity index (χ3n) is 7.31. The molecule has 0 atom stereocenters. The molecule has 2 aromatic rings. The summed E-state index contributed by atoms with van der Waals surface area (Å²) in [4.78, 5) is 0. The molecule has 0 spiro atoms. The summed E-state index contributed by atoms with van der Waals surface area (Å²) in [7, 11) is 0. The van der Waals surface area contributed by atoms with Crippen LogP contribution >= 0.6 is 23.2 Å². The number of benzene rings is 2. The SMILES string of the molecule is N/C(=C/C(=N/N=C(/C=C(/N)C1CCCCC1)c1ccc(Cl)cc1)c1ccc(Cl)cc1)C1CCCCC1. The third-order valence-corrected chi connectivity index (χ3v) is 7.81. The number of hydrogen-bond acceptors (Lipinski definition) is 4. The third kappa shape index (κ3) is 7.47. The first kappa shape index (κ1) is 26.5. The Morgan fingerprint density at radius 3 is 1.25 bits per heavy atom. The van der Waals surface area contributed by atoms with Crippen molar-refractivity contribution in [3.63, 3.8) is 0 Å². The minimum atomic E-state index is 0.387. The Kier molecular flexibility index (Phi) is 9.66. The van der Waals surface area contributed by atoms with Crippen LogP contribution in [0.1, 0.15) is 75.3 Å². The van der Waals surface area contributed by atoms with Gasteiger partial charge >= 0.3 is 0 Å². The molecule has 0 bridgehead atoms. The molecular weight excluding hydrogens is 487 g/mol. The van der Waals surface area contributed by atoms with Crippen LogP contribution in [0, 0.1) is 11.8 Å². The Morgan fingerprint density at radius 1 is 0.583 bits per heavy atom. The monoisotopic (exact) mass is 522 g/mol. The zero-order valence-corrected chi connectivity index (χ0v) is 22.3. The fourth-order valence-corrected chi connectivity index (χ4v) is 5.36. The number of rotatable bonds is 7. The van der Waals surface area contributed by atoms with Crippen molar-refractivity contribution in [2.75, 3.05) is 0 Å². The summed E-state index contributed by atoms with van der Waals surface area (Å²) in [6.45, 7) is 0. The molecule has 0 amide bonds. The second kappa shape index (κ2) is 13.1. The average Bonchev–Trinajstić information content (AvgIpc) is 2.92. The van der Waals surface area contributed by atoms with Crippen LogP contribution in [0.15, 0.2) is 82.3 Å². The highest BCUT2D eigenvalue weighted by Crippen LogP contribution is 2.29. The normalized spacial score (nSPS) is 19.5.